The quantitative estimate of drug-likeness (QED) is 0.628. The van der Waals surface area contributed by atoms with Crippen molar-refractivity contribution in [2.45, 2.75) is 40.2 Å². The minimum absolute atomic E-state index is 0.259. The molecule has 1 N–H and O–H groups in total. The summed E-state index contributed by atoms with van der Waals surface area (Å²) in [5.41, 5.74) is 5.95. The normalized spacial score (nSPS) is 21.8. The lowest BCUT2D eigenvalue weighted by atomic mass is 10.0. The van der Waals surface area contributed by atoms with Crippen LogP contribution in [0, 0.1) is 5.92 Å². The van der Waals surface area contributed by atoms with E-state index in [1.807, 2.05) is 13.0 Å². The Bertz CT molecular complexity index is 524. The molecule has 3 heteroatoms. The minimum Gasteiger partial charge on any atom is -0.281 e. The number of hydrogen-bond donors (Lipinski definition) is 1. The number of hydrazine groups is 1. The minimum atomic E-state index is 0.259. The molecule has 22 heavy (non-hydrogen) atoms. The van der Waals surface area contributed by atoms with Crippen LogP contribution in [0.15, 0.2) is 71.6 Å². The van der Waals surface area contributed by atoms with Gasteiger partial charge in [-0.05, 0) is 50.5 Å². The predicted molar refractivity (Wildman–Crippen MR) is 98.1 cm³/mol. The first-order valence-electron chi connectivity index (χ1n) is 7.77. The van der Waals surface area contributed by atoms with Gasteiger partial charge < -0.3 is 0 Å². The summed E-state index contributed by atoms with van der Waals surface area (Å²) in [7, 11) is 0. The van der Waals surface area contributed by atoms with Crippen molar-refractivity contribution in [2.24, 2.45) is 5.92 Å². The lowest BCUT2D eigenvalue weighted by Crippen LogP contribution is -2.38. The summed E-state index contributed by atoms with van der Waals surface area (Å²) in [6, 6.07) is 0.259. The molecule has 2 unspecified atom stereocenters. The molecule has 2 nitrogen and oxygen atoms in total. The maximum absolute atomic E-state index is 6.06. The van der Waals surface area contributed by atoms with Crippen LogP contribution < -0.4 is 5.43 Å². The zero-order chi connectivity index (χ0) is 16.5. The molecule has 2 atom stereocenters. The Kier molecular flexibility index (Phi) is 8.00. The SMILES string of the molecule is C=C/C=C(Cl)\C=C/C(C)C1C=C(C)N(C(/C=C\C)=C/CC)N1. The van der Waals surface area contributed by atoms with E-state index in [0.29, 0.717) is 11.0 Å². The van der Waals surface area contributed by atoms with E-state index in [1.54, 1.807) is 12.2 Å². The highest BCUT2D eigenvalue weighted by Gasteiger charge is 2.24. The van der Waals surface area contributed by atoms with Crippen LogP contribution in [-0.4, -0.2) is 11.1 Å². The van der Waals surface area contributed by atoms with Crippen molar-refractivity contribution < 1.29 is 0 Å². The van der Waals surface area contributed by atoms with Crippen molar-refractivity contribution in [3.05, 3.63) is 71.6 Å². The third-order valence-electron chi connectivity index (χ3n) is 3.46. The molecule has 1 heterocycles. The van der Waals surface area contributed by atoms with Gasteiger partial charge in [-0.1, -0.05) is 56.3 Å². The highest BCUT2D eigenvalue weighted by molar-refractivity contribution is 6.31. The van der Waals surface area contributed by atoms with Crippen molar-refractivity contribution in [1.29, 1.82) is 0 Å². The number of allylic oxidation sites excluding steroid dienone is 8. The van der Waals surface area contributed by atoms with E-state index < -0.39 is 0 Å². The highest BCUT2D eigenvalue weighted by Crippen LogP contribution is 2.23. The van der Waals surface area contributed by atoms with Crippen molar-refractivity contribution in [1.82, 2.24) is 10.4 Å². The largest absolute Gasteiger partial charge is 0.281 e. The fourth-order valence-electron chi connectivity index (χ4n) is 2.32. The predicted octanol–water partition coefficient (Wildman–Crippen LogP) is 5.45. The van der Waals surface area contributed by atoms with E-state index in [1.165, 1.54) is 11.4 Å². The van der Waals surface area contributed by atoms with Gasteiger partial charge in [-0.2, -0.15) is 0 Å². The molecule has 1 aliphatic heterocycles. The van der Waals surface area contributed by atoms with Gasteiger partial charge in [-0.15, -0.1) is 0 Å². The molecule has 0 aromatic heterocycles. The van der Waals surface area contributed by atoms with Gasteiger partial charge in [0, 0.05) is 10.7 Å². The van der Waals surface area contributed by atoms with Gasteiger partial charge >= 0.3 is 0 Å². The Morgan fingerprint density at radius 3 is 2.82 bits per heavy atom. The third kappa shape index (κ3) is 5.36. The second kappa shape index (κ2) is 9.50. The van der Waals surface area contributed by atoms with Crippen LogP contribution in [-0.2, 0) is 0 Å². The second-order valence-corrected chi connectivity index (χ2v) is 5.78. The molecule has 120 valence electrons. The molecule has 1 aliphatic rings. The molecule has 0 aromatic carbocycles. The molecule has 1 rings (SSSR count). The van der Waals surface area contributed by atoms with Gasteiger partial charge in [0.05, 0.1) is 11.7 Å². The van der Waals surface area contributed by atoms with Crippen LogP contribution in [0.2, 0.25) is 0 Å². The smallest absolute Gasteiger partial charge is 0.0530 e. The van der Waals surface area contributed by atoms with Gasteiger partial charge in [0.25, 0.3) is 0 Å². The van der Waals surface area contributed by atoms with Crippen LogP contribution in [0.3, 0.4) is 0 Å². The molecule has 0 spiro atoms. The lowest BCUT2D eigenvalue weighted by molar-refractivity contribution is 0.303. The summed E-state index contributed by atoms with van der Waals surface area (Å²) in [5.74, 6) is 0.334. The van der Waals surface area contributed by atoms with E-state index in [9.17, 15) is 0 Å². The number of nitrogens with one attached hydrogen (secondary N) is 1. The van der Waals surface area contributed by atoms with E-state index in [4.69, 9.17) is 11.6 Å². The highest BCUT2D eigenvalue weighted by atomic mass is 35.5. The number of halogens is 1. The Morgan fingerprint density at radius 1 is 1.50 bits per heavy atom. The molecule has 0 saturated heterocycles. The summed E-state index contributed by atoms with van der Waals surface area (Å²) in [5, 5.41) is 2.84. The van der Waals surface area contributed by atoms with Crippen molar-refractivity contribution in [2.75, 3.05) is 0 Å². The van der Waals surface area contributed by atoms with Crippen LogP contribution in [0.1, 0.15) is 34.1 Å². The molecule has 0 aromatic rings. The molecule has 0 bridgehead atoms. The summed E-state index contributed by atoms with van der Waals surface area (Å²) in [6.45, 7) is 12.1. The van der Waals surface area contributed by atoms with Crippen molar-refractivity contribution in [3.8, 4) is 0 Å². The van der Waals surface area contributed by atoms with E-state index in [-0.39, 0.29) is 6.04 Å². The average Bonchev–Trinajstić information content (AvgIpc) is 2.87. The van der Waals surface area contributed by atoms with Crippen LogP contribution in [0.4, 0.5) is 0 Å². The first-order chi connectivity index (χ1) is 10.5. The zero-order valence-electron chi connectivity index (χ0n) is 14.0. The summed E-state index contributed by atoms with van der Waals surface area (Å²) in [4.78, 5) is 0. The Balaban J connectivity index is 2.80. The van der Waals surface area contributed by atoms with Gasteiger partial charge in [-0.3, -0.25) is 5.01 Å². The van der Waals surface area contributed by atoms with Gasteiger partial charge in [0.15, 0.2) is 0 Å². The molecular formula is C19H27ClN2. The van der Waals surface area contributed by atoms with Crippen LogP contribution in [0.5, 0.6) is 0 Å². The van der Waals surface area contributed by atoms with Gasteiger partial charge in [0.1, 0.15) is 0 Å². The van der Waals surface area contributed by atoms with E-state index in [0.717, 1.165) is 6.42 Å². The summed E-state index contributed by atoms with van der Waals surface area (Å²) in [6.07, 6.45) is 17.2. The number of rotatable bonds is 7. The molecule has 0 radical (unpaired) electrons. The third-order valence-corrected chi connectivity index (χ3v) is 3.72. The summed E-state index contributed by atoms with van der Waals surface area (Å²) >= 11 is 6.06. The van der Waals surface area contributed by atoms with Crippen molar-refractivity contribution >= 4 is 11.6 Å². The topological polar surface area (TPSA) is 15.3 Å². The molecule has 0 saturated carbocycles. The standard InChI is InChI=1S/C19H27ClN2/c1-6-9-17(20)13-12-15(4)19-14-16(5)22(21-19)18(10-7-2)11-8-3/h6-7,9-15,19,21H,1,8H2,2-5H3/b10-7-,13-12-,17-9+,18-11+. The number of hydrogen-bond acceptors (Lipinski definition) is 2. The molecule has 0 aliphatic carbocycles. The first kappa shape index (κ1) is 18.5. The monoisotopic (exact) mass is 318 g/mol. The van der Waals surface area contributed by atoms with Gasteiger partial charge in [-0.25, -0.2) is 5.43 Å². The number of nitrogens with zero attached hydrogens (tertiary/aromatic N) is 1. The maximum Gasteiger partial charge on any atom is 0.0530 e. The lowest BCUT2D eigenvalue weighted by Gasteiger charge is -2.25. The maximum atomic E-state index is 6.06. The molecule has 0 amide bonds. The molecular weight excluding hydrogens is 292 g/mol. The molecule has 0 fully saturated rings. The fourth-order valence-corrected chi connectivity index (χ4v) is 2.48. The van der Waals surface area contributed by atoms with E-state index in [2.05, 4.69) is 68.2 Å². The summed E-state index contributed by atoms with van der Waals surface area (Å²) < 4.78 is 0. The van der Waals surface area contributed by atoms with Crippen LogP contribution in [0.25, 0.3) is 0 Å². The Labute approximate surface area is 140 Å². The van der Waals surface area contributed by atoms with Gasteiger partial charge in [0.2, 0.25) is 0 Å². The fraction of sp³-hybridized carbons (Fsp3) is 0.368. The van der Waals surface area contributed by atoms with Crippen molar-refractivity contribution in [3.63, 3.8) is 0 Å². The van der Waals surface area contributed by atoms with E-state index >= 15 is 0 Å². The first-order valence-corrected chi connectivity index (χ1v) is 8.15. The Morgan fingerprint density at radius 2 is 2.23 bits per heavy atom. The zero-order valence-corrected chi connectivity index (χ0v) is 14.8. The Hall–Kier alpha value is -1.51. The van der Waals surface area contributed by atoms with Crippen LogP contribution >= 0.6 is 11.6 Å². The average molecular weight is 319 g/mol. The second-order valence-electron chi connectivity index (χ2n) is 5.34.